The van der Waals surface area contributed by atoms with Crippen LogP contribution in [0.25, 0.3) is 0 Å². The molecule has 0 spiro atoms. The van der Waals surface area contributed by atoms with Gasteiger partial charge in [0.2, 0.25) is 0 Å². The molecule has 1 aromatic carbocycles. The summed E-state index contributed by atoms with van der Waals surface area (Å²) in [6.07, 6.45) is 3.40. The van der Waals surface area contributed by atoms with Crippen molar-refractivity contribution in [3.63, 3.8) is 0 Å². The van der Waals surface area contributed by atoms with E-state index in [1.165, 1.54) is 18.4 Å². The first-order valence-corrected chi connectivity index (χ1v) is 8.10. The van der Waals surface area contributed by atoms with Gasteiger partial charge in [0.15, 0.2) is 0 Å². The smallest absolute Gasteiger partial charge is 0.311 e. The average Bonchev–Trinajstić information content (AvgIpc) is 2.72. The van der Waals surface area contributed by atoms with Crippen LogP contribution in [0.1, 0.15) is 19.3 Å². The largest absolute Gasteiger partial charge is 0.469 e. The number of carbonyl (C=O) groups excluding carboxylic acids is 1. The summed E-state index contributed by atoms with van der Waals surface area (Å²) < 4.78 is 5.08. The average molecular weight is 291 g/mol. The molecular weight excluding hydrogens is 270 g/mol. The molecule has 0 radical (unpaired) electrons. The maximum absolute atomic E-state index is 12.2. The highest BCUT2D eigenvalue weighted by Gasteiger charge is 2.49. The van der Waals surface area contributed by atoms with E-state index >= 15 is 0 Å². The summed E-state index contributed by atoms with van der Waals surface area (Å²) in [5.74, 6) is -0.0513. The Labute approximate surface area is 124 Å². The van der Waals surface area contributed by atoms with E-state index in [0.29, 0.717) is 17.3 Å². The molecule has 3 rings (SSSR count). The molecule has 2 bridgehead atoms. The molecule has 2 aliphatic rings. The molecule has 0 amide bonds. The number of piperidine rings is 1. The van der Waals surface area contributed by atoms with Crippen molar-refractivity contribution in [3.05, 3.63) is 30.3 Å². The standard InChI is InChI=1S/C16H21NO2S/c1-17-11-8-9-13(17)15(16(18)19-2)14(10-11)20-12-6-4-3-5-7-12/h3-7,11,13-15H,8-10H2,1-2H3. The van der Waals surface area contributed by atoms with Crippen molar-refractivity contribution < 1.29 is 9.53 Å². The number of methoxy groups -OCH3 is 1. The fourth-order valence-corrected chi connectivity index (χ4v) is 5.08. The second kappa shape index (κ2) is 5.78. The molecule has 0 aromatic heterocycles. The number of rotatable bonds is 3. The molecule has 1 aromatic rings. The van der Waals surface area contributed by atoms with Gasteiger partial charge in [-0.25, -0.2) is 0 Å². The maximum Gasteiger partial charge on any atom is 0.311 e. The SMILES string of the molecule is COC(=O)C1C(Sc2ccccc2)CC2CCC1N2C. The Bertz CT molecular complexity index is 479. The minimum Gasteiger partial charge on any atom is -0.469 e. The lowest BCUT2D eigenvalue weighted by molar-refractivity contribution is -0.148. The molecule has 3 nitrogen and oxygen atoms in total. The zero-order valence-electron chi connectivity index (χ0n) is 12.0. The summed E-state index contributed by atoms with van der Waals surface area (Å²) in [5.41, 5.74) is 0. The summed E-state index contributed by atoms with van der Waals surface area (Å²) in [4.78, 5) is 15.9. The van der Waals surface area contributed by atoms with Crippen molar-refractivity contribution in [3.8, 4) is 0 Å². The van der Waals surface area contributed by atoms with E-state index < -0.39 is 0 Å². The summed E-state index contributed by atoms with van der Waals surface area (Å²) in [6.45, 7) is 0. The fourth-order valence-electron chi connectivity index (χ4n) is 3.66. The molecule has 108 valence electrons. The second-order valence-electron chi connectivity index (χ2n) is 5.72. The van der Waals surface area contributed by atoms with Gasteiger partial charge in [0.05, 0.1) is 13.0 Å². The van der Waals surface area contributed by atoms with Crippen molar-refractivity contribution in [2.75, 3.05) is 14.2 Å². The second-order valence-corrected chi connectivity index (χ2v) is 7.03. The quantitative estimate of drug-likeness (QED) is 0.801. The molecule has 4 heteroatoms. The van der Waals surface area contributed by atoms with E-state index in [-0.39, 0.29) is 11.9 Å². The minimum absolute atomic E-state index is 0.00560. The maximum atomic E-state index is 12.2. The Kier molecular flexibility index (Phi) is 4.03. The normalized spacial score (nSPS) is 33.1. The predicted molar refractivity (Wildman–Crippen MR) is 80.8 cm³/mol. The van der Waals surface area contributed by atoms with Crippen LogP contribution in [-0.2, 0) is 9.53 Å². The van der Waals surface area contributed by atoms with Crippen LogP contribution < -0.4 is 0 Å². The third kappa shape index (κ3) is 2.47. The number of hydrogen-bond donors (Lipinski definition) is 0. The first kappa shape index (κ1) is 14.0. The molecule has 0 N–H and O–H groups in total. The topological polar surface area (TPSA) is 29.5 Å². The van der Waals surface area contributed by atoms with Crippen molar-refractivity contribution in [1.29, 1.82) is 0 Å². The van der Waals surface area contributed by atoms with Crippen LogP contribution in [0.15, 0.2) is 35.2 Å². The molecule has 2 aliphatic heterocycles. The molecule has 2 saturated heterocycles. The van der Waals surface area contributed by atoms with Gasteiger partial charge >= 0.3 is 5.97 Å². The summed E-state index contributed by atoms with van der Waals surface area (Å²) >= 11 is 1.84. The van der Waals surface area contributed by atoms with Gasteiger partial charge in [-0.2, -0.15) is 0 Å². The summed E-state index contributed by atoms with van der Waals surface area (Å²) in [5, 5.41) is 0.332. The van der Waals surface area contributed by atoms with Crippen LogP contribution in [0, 0.1) is 5.92 Å². The van der Waals surface area contributed by atoms with Crippen LogP contribution in [-0.4, -0.2) is 42.4 Å². The van der Waals surface area contributed by atoms with E-state index in [1.54, 1.807) is 0 Å². The van der Waals surface area contributed by atoms with Crippen molar-refractivity contribution in [2.24, 2.45) is 5.92 Å². The van der Waals surface area contributed by atoms with Crippen LogP contribution in [0.3, 0.4) is 0 Å². The van der Waals surface area contributed by atoms with Gasteiger partial charge in [-0.1, -0.05) is 18.2 Å². The Hall–Kier alpha value is -1.00. The van der Waals surface area contributed by atoms with Gasteiger partial charge in [-0.3, -0.25) is 9.69 Å². The van der Waals surface area contributed by atoms with Crippen LogP contribution in [0.2, 0.25) is 0 Å². The Morgan fingerprint density at radius 3 is 2.75 bits per heavy atom. The molecule has 0 aliphatic carbocycles. The van der Waals surface area contributed by atoms with Crippen molar-refractivity contribution >= 4 is 17.7 Å². The molecule has 4 unspecified atom stereocenters. The lowest BCUT2D eigenvalue weighted by atomic mass is 9.90. The minimum atomic E-state index is -0.0457. The predicted octanol–water partition coefficient (Wildman–Crippen LogP) is 2.80. The van der Waals surface area contributed by atoms with Gasteiger partial charge in [0.25, 0.3) is 0 Å². The van der Waals surface area contributed by atoms with E-state index in [4.69, 9.17) is 4.74 Å². The monoisotopic (exact) mass is 291 g/mol. The molecule has 2 heterocycles. The third-order valence-corrected chi connectivity index (χ3v) is 6.05. The van der Waals surface area contributed by atoms with Gasteiger partial charge in [-0.05, 0) is 38.4 Å². The molecule has 4 atom stereocenters. The molecular formula is C16H21NO2S. The highest BCUT2D eigenvalue weighted by Crippen LogP contribution is 2.45. The van der Waals surface area contributed by atoms with Crippen LogP contribution in [0.5, 0.6) is 0 Å². The van der Waals surface area contributed by atoms with Crippen LogP contribution >= 0.6 is 11.8 Å². The van der Waals surface area contributed by atoms with Crippen LogP contribution in [0.4, 0.5) is 0 Å². The lowest BCUT2D eigenvalue weighted by Gasteiger charge is -2.41. The van der Waals surface area contributed by atoms with E-state index in [9.17, 15) is 4.79 Å². The highest BCUT2D eigenvalue weighted by atomic mass is 32.2. The molecule has 0 saturated carbocycles. The highest BCUT2D eigenvalue weighted by molar-refractivity contribution is 8.00. The summed E-state index contributed by atoms with van der Waals surface area (Å²) in [7, 11) is 3.66. The van der Waals surface area contributed by atoms with Crippen molar-refractivity contribution in [2.45, 2.75) is 41.5 Å². The molecule has 2 fully saturated rings. The zero-order valence-corrected chi connectivity index (χ0v) is 12.8. The Morgan fingerprint density at radius 2 is 2.05 bits per heavy atom. The zero-order chi connectivity index (χ0) is 14.1. The van der Waals surface area contributed by atoms with E-state index in [1.807, 2.05) is 17.8 Å². The first-order valence-electron chi connectivity index (χ1n) is 7.22. The molecule has 20 heavy (non-hydrogen) atoms. The van der Waals surface area contributed by atoms with E-state index in [2.05, 4.69) is 36.2 Å². The van der Waals surface area contributed by atoms with Crippen molar-refractivity contribution in [1.82, 2.24) is 4.90 Å². The number of ether oxygens (including phenoxy) is 1. The van der Waals surface area contributed by atoms with E-state index in [0.717, 1.165) is 12.8 Å². The van der Waals surface area contributed by atoms with Gasteiger partial charge in [-0.15, -0.1) is 11.8 Å². The number of benzene rings is 1. The van der Waals surface area contributed by atoms with Gasteiger partial charge < -0.3 is 4.74 Å². The van der Waals surface area contributed by atoms with Gasteiger partial charge in [0, 0.05) is 22.2 Å². The summed E-state index contributed by atoms with van der Waals surface area (Å²) in [6, 6.07) is 11.4. The third-order valence-electron chi connectivity index (χ3n) is 4.72. The lowest BCUT2D eigenvalue weighted by Crippen LogP contribution is -2.51. The Morgan fingerprint density at radius 1 is 1.30 bits per heavy atom. The first-order chi connectivity index (χ1) is 9.70. The number of carbonyl (C=O) groups is 1. The fraction of sp³-hybridized carbons (Fsp3) is 0.562. The number of fused-ring (bicyclic) bond motifs is 2. The number of nitrogens with zero attached hydrogens (tertiary/aromatic N) is 1. The number of thioether (sulfide) groups is 1. The number of hydrogen-bond acceptors (Lipinski definition) is 4. The van der Waals surface area contributed by atoms with Gasteiger partial charge in [0.1, 0.15) is 0 Å². The number of esters is 1. The Balaban J connectivity index is 1.82.